The van der Waals surface area contributed by atoms with Gasteiger partial charge in [-0.15, -0.1) is 0 Å². The summed E-state index contributed by atoms with van der Waals surface area (Å²) < 4.78 is 5.71. The second-order valence-electron chi connectivity index (χ2n) is 4.34. The Morgan fingerprint density at radius 1 is 1.25 bits per heavy atom. The van der Waals surface area contributed by atoms with Crippen molar-refractivity contribution in [3.63, 3.8) is 0 Å². The number of hydrogen-bond acceptors (Lipinski definition) is 1. The van der Waals surface area contributed by atoms with Crippen LogP contribution in [0.2, 0.25) is 0 Å². The molecule has 0 aromatic heterocycles. The SMILES string of the molecule is CCCCOC(C)CCCc1cc[c]cc1. The van der Waals surface area contributed by atoms with Crippen LogP contribution in [0.1, 0.15) is 45.1 Å². The summed E-state index contributed by atoms with van der Waals surface area (Å²) in [5.41, 5.74) is 1.40. The lowest BCUT2D eigenvalue weighted by molar-refractivity contribution is 0.0571. The van der Waals surface area contributed by atoms with Crippen molar-refractivity contribution in [2.24, 2.45) is 0 Å². The molecule has 0 aliphatic rings. The van der Waals surface area contributed by atoms with Gasteiger partial charge in [-0.3, -0.25) is 0 Å². The molecule has 1 aromatic carbocycles. The quantitative estimate of drug-likeness (QED) is 0.600. The van der Waals surface area contributed by atoms with Gasteiger partial charge in [-0.05, 0) is 44.2 Å². The van der Waals surface area contributed by atoms with Crippen molar-refractivity contribution in [2.75, 3.05) is 6.61 Å². The molecule has 0 aliphatic heterocycles. The number of aryl methyl sites for hydroxylation is 1. The Morgan fingerprint density at radius 2 is 2.00 bits per heavy atom. The van der Waals surface area contributed by atoms with Gasteiger partial charge in [0.2, 0.25) is 0 Å². The van der Waals surface area contributed by atoms with Crippen molar-refractivity contribution in [1.82, 2.24) is 0 Å². The molecule has 0 aliphatic carbocycles. The van der Waals surface area contributed by atoms with Gasteiger partial charge < -0.3 is 4.74 Å². The molecular weight excluding hydrogens is 196 g/mol. The van der Waals surface area contributed by atoms with E-state index in [1.807, 2.05) is 12.1 Å². The molecule has 1 unspecified atom stereocenters. The molecule has 0 spiro atoms. The van der Waals surface area contributed by atoms with E-state index in [9.17, 15) is 0 Å². The third-order valence-corrected chi connectivity index (χ3v) is 2.76. The second-order valence-corrected chi connectivity index (χ2v) is 4.34. The van der Waals surface area contributed by atoms with Crippen molar-refractivity contribution < 1.29 is 4.74 Å². The molecule has 1 heteroatoms. The van der Waals surface area contributed by atoms with Gasteiger partial charge in [0.15, 0.2) is 0 Å². The highest BCUT2D eigenvalue weighted by molar-refractivity contribution is 5.13. The molecular formula is C15H23O. The minimum absolute atomic E-state index is 0.404. The largest absolute Gasteiger partial charge is 0.379 e. The van der Waals surface area contributed by atoms with Crippen molar-refractivity contribution in [3.8, 4) is 0 Å². The van der Waals surface area contributed by atoms with Gasteiger partial charge >= 0.3 is 0 Å². The summed E-state index contributed by atoms with van der Waals surface area (Å²) in [6.07, 6.45) is 6.31. The number of ether oxygens (including phenoxy) is 1. The van der Waals surface area contributed by atoms with E-state index in [2.05, 4.69) is 32.0 Å². The molecule has 1 aromatic rings. The third-order valence-electron chi connectivity index (χ3n) is 2.76. The number of benzene rings is 1. The fraction of sp³-hybridized carbons (Fsp3) is 0.600. The van der Waals surface area contributed by atoms with Crippen LogP contribution in [-0.2, 0) is 11.2 Å². The standard InChI is InChI=1S/C15H23O/c1-3-4-13-16-14(2)9-8-12-15-10-6-5-7-11-15/h6-7,10-11,14H,3-4,8-9,12-13H2,1-2H3. The smallest absolute Gasteiger partial charge is 0.0547 e. The zero-order chi connectivity index (χ0) is 11.6. The highest BCUT2D eigenvalue weighted by atomic mass is 16.5. The predicted octanol–water partition coefficient (Wildman–Crippen LogP) is 4.01. The maximum Gasteiger partial charge on any atom is 0.0547 e. The van der Waals surface area contributed by atoms with Crippen LogP contribution in [0.3, 0.4) is 0 Å². The first-order valence-electron chi connectivity index (χ1n) is 6.39. The van der Waals surface area contributed by atoms with Gasteiger partial charge in [0.1, 0.15) is 0 Å². The lowest BCUT2D eigenvalue weighted by atomic mass is 10.1. The van der Waals surface area contributed by atoms with Crippen LogP contribution < -0.4 is 0 Å². The number of unbranched alkanes of at least 4 members (excludes halogenated alkanes) is 1. The Kier molecular flexibility index (Phi) is 6.91. The summed E-state index contributed by atoms with van der Waals surface area (Å²) in [5, 5.41) is 0. The van der Waals surface area contributed by atoms with Crippen molar-refractivity contribution in [1.29, 1.82) is 0 Å². The Bertz CT molecular complexity index is 255. The summed E-state index contributed by atoms with van der Waals surface area (Å²) >= 11 is 0. The molecule has 0 heterocycles. The van der Waals surface area contributed by atoms with Crippen LogP contribution in [0.15, 0.2) is 24.3 Å². The monoisotopic (exact) mass is 219 g/mol. The molecule has 89 valence electrons. The van der Waals surface area contributed by atoms with Crippen LogP contribution in [-0.4, -0.2) is 12.7 Å². The van der Waals surface area contributed by atoms with Gasteiger partial charge in [-0.25, -0.2) is 0 Å². The van der Waals surface area contributed by atoms with Gasteiger partial charge in [-0.1, -0.05) is 37.6 Å². The fourth-order valence-corrected chi connectivity index (χ4v) is 1.69. The van der Waals surface area contributed by atoms with E-state index in [1.54, 1.807) is 0 Å². The first-order chi connectivity index (χ1) is 7.83. The first kappa shape index (κ1) is 13.2. The minimum atomic E-state index is 0.404. The molecule has 1 rings (SSSR count). The van der Waals surface area contributed by atoms with Crippen LogP contribution >= 0.6 is 0 Å². The lowest BCUT2D eigenvalue weighted by Crippen LogP contribution is -2.09. The number of hydrogen-bond donors (Lipinski definition) is 0. The number of rotatable bonds is 8. The Balaban J connectivity index is 2.06. The normalized spacial score (nSPS) is 12.6. The van der Waals surface area contributed by atoms with E-state index in [4.69, 9.17) is 4.74 Å². The molecule has 1 nitrogen and oxygen atoms in total. The summed E-state index contributed by atoms with van der Waals surface area (Å²) in [6.45, 7) is 5.28. The van der Waals surface area contributed by atoms with Crippen molar-refractivity contribution >= 4 is 0 Å². The maximum absolute atomic E-state index is 5.71. The summed E-state index contributed by atoms with van der Waals surface area (Å²) in [4.78, 5) is 0. The van der Waals surface area contributed by atoms with Gasteiger partial charge in [0, 0.05) is 6.61 Å². The van der Waals surface area contributed by atoms with E-state index < -0.39 is 0 Å². The van der Waals surface area contributed by atoms with Crippen molar-refractivity contribution in [3.05, 3.63) is 35.9 Å². The Labute approximate surface area is 99.8 Å². The molecule has 0 N–H and O–H groups in total. The summed E-state index contributed by atoms with van der Waals surface area (Å²) in [7, 11) is 0. The van der Waals surface area contributed by atoms with Crippen LogP contribution in [0.5, 0.6) is 0 Å². The van der Waals surface area contributed by atoms with E-state index in [0.29, 0.717) is 6.10 Å². The zero-order valence-corrected chi connectivity index (χ0v) is 10.5. The van der Waals surface area contributed by atoms with Crippen LogP contribution in [0.4, 0.5) is 0 Å². The molecule has 16 heavy (non-hydrogen) atoms. The van der Waals surface area contributed by atoms with Gasteiger partial charge in [0.05, 0.1) is 6.10 Å². The van der Waals surface area contributed by atoms with E-state index in [0.717, 1.165) is 19.4 Å². The summed E-state index contributed by atoms with van der Waals surface area (Å²) in [5.74, 6) is 0. The maximum atomic E-state index is 5.71. The van der Waals surface area contributed by atoms with Crippen molar-refractivity contribution in [2.45, 2.75) is 52.1 Å². The van der Waals surface area contributed by atoms with Crippen LogP contribution in [0, 0.1) is 6.07 Å². The predicted molar refractivity (Wildman–Crippen MR) is 68.5 cm³/mol. The van der Waals surface area contributed by atoms with Gasteiger partial charge in [-0.2, -0.15) is 0 Å². The molecule has 1 radical (unpaired) electrons. The highest BCUT2D eigenvalue weighted by Gasteiger charge is 2.01. The Morgan fingerprint density at radius 3 is 2.69 bits per heavy atom. The molecule has 0 saturated heterocycles. The fourth-order valence-electron chi connectivity index (χ4n) is 1.69. The van der Waals surface area contributed by atoms with E-state index >= 15 is 0 Å². The van der Waals surface area contributed by atoms with Gasteiger partial charge in [0.25, 0.3) is 0 Å². The second kappa shape index (κ2) is 8.35. The molecule has 0 saturated carbocycles. The third kappa shape index (κ3) is 5.92. The Hall–Kier alpha value is -0.820. The lowest BCUT2D eigenvalue weighted by Gasteiger charge is -2.12. The molecule has 1 atom stereocenters. The van der Waals surface area contributed by atoms with E-state index in [-0.39, 0.29) is 0 Å². The van der Waals surface area contributed by atoms with E-state index in [1.165, 1.54) is 24.8 Å². The zero-order valence-electron chi connectivity index (χ0n) is 10.5. The van der Waals surface area contributed by atoms with Crippen LogP contribution in [0.25, 0.3) is 0 Å². The highest BCUT2D eigenvalue weighted by Crippen LogP contribution is 2.08. The topological polar surface area (TPSA) is 9.23 Å². The first-order valence-corrected chi connectivity index (χ1v) is 6.39. The minimum Gasteiger partial charge on any atom is -0.379 e. The molecule has 0 fully saturated rings. The summed E-state index contributed by atoms with van der Waals surface area (Å²) in [6, 6.07) is 11.3. The average molecular weight is 219 g/mol. The average Bonchev–Trinajstić information content (AvgIpc) is 2.31. The molecule has 0 bridgehead atoms. The molecule has 0 amide bonds.